The van der Waals surface area contributed by atoms with Gasteiger partial charge in [0.1, 0.15) is 0 Å². The highest BCUT2D eigenvalue weighted by Gasteiger charge is 2.22. The van der Waals surface area contributed by atoms with E-state index in [-0.39, 0.29) is 16.8 Å². The fourth-order valence-corrected chi connectivity index (χ4v) is 3.36. The molecule has 2 aromatic carbocycles. The summed E-state index contributed by atoms with van der Waals surface area (Å²) in [5.74, 6) is -0.946. The van der Waals surface area contributed by atoms with Gasteiger partial charge in [-0.3, -0.25) is 4.79 Å². The monoisotopic (exact) mass is 383 g/mol. The van der Waals surface area contributed by atoms with Gasteiger partial charge in [0.2, 0.25) is 0 Å². The molecule has 0 aliphatic carbocycles. The van der Waals surface area contributed by atoms with Crippen LogP contribution >= 0.6 is 11.6 Å². The molecule has 5 heteroatoms. The van der Waals surface area contributed by atoms with Crippen molar-refractivity contribution in [1.82, 2.24) is 4.57 Å². The average Bonchev–Trinajstić information content (AvgIpc) is 2.93. The molecule has 140 valence electrons. The van der Waals surface area contributed by atoms with Crippen molar-refractivity contribution in [2.24, 2.45) is 5.41 Å². The summed E-state index contributed by atoms with van der Waals surface area (Å²) >= 11 is 6.29. The highest BCUT2D eigenvalue weighted by molar-refractivity contribution is 6.31. The number of benzene rings is 2. The Morgan fingerprint density at radius 1 is 1.11 bits per heavy atom. The molecule has 0 saturated carbocycles. The van der Waals surface area contributed by atoms with Crippen molar-refractivity contribution in [3.63, 3.8) is 0 Å². The number of rotatable bonds is 5. The molecule has 1 N–H and O–H groups in total. The number of halogens is 1. The van der Waals surface area contributed by atoms with Crippen LogP contribution in [0.4, 0.5) is 0 Å². The molecule has 0 aliphatic rings. The van der Waals surface area contributed by atoms with Gasteiger partial charge in [0, 0.05) is 40.7 Å². The van der Waals surface area contributed by atoms with Gasteiger partial charge in [-0.2, -0.15) is 0 Å². The number of carbonyl (C=O) groups excluding carboxylic acids is 1. The van der Waals surface area contributed by atoms with E-state index in [1.165, 1.54) is 0 Å². The maximum absolute atomic E-state index is 12.9. The van der Waals surface area contributed by atoms with Crippen LogP contribution in [-0.4, -0.2) is 21.4 Å². The molecule has 0 saturated heterocycles. The molecule has 0 unspecified atom stereocenters. The molecule has 0 aliphatic heterocycles. The van der Waals surface area contributed by atoms with Gasteiger partial charge in [-0.15, -0.1) is 0 Å². The van der Waals surface area contributed by atoms with Crippen LogP contribution in [0.25, 0.3) is 10.9 Å². The van der Waals surface area contributed by atoms with Crippen LogP contribution < -0.4 is 0 Å². The third kappa shape index (κ3) is 4.22. The van der Waals surface area contributed by atoms with E-state index in [9.17, 15) is 14.7 Å². The van der Waals surface area contributed by atoms with Crippen molar-refractivity contribution in [3.8, 4) is 0 Å². The molecule has 27 heavy (non-hydrogen) atoms. The molecular formula is C22H22ClNO3. The standard InChI is InChI=1S/C22H22ClNO3/c1-22(2,3)11-20(25)17-13-24(12-15-6-4-5-7-18(15)23)19-10-14(21(26)27)8-9-16(17)19/h4-10,13H,11-12H2,1-3H3,(H,26,27). The summed E-state index contributed by atoms with van der Waals surface area (Å²) in [6, 6.07) is 12.4. The second-order valence-corrected chi connectivity index (χ2v) is 8.37. The zero-order chi connectivity index (χ0) is 19.8. The zero-order valence-corrected chi connectivity index (χ0v) is 16.4. The van der Waals surface area contributed by atoms with Crippen molar-refractivity contribution < 1.29 is 14.7 Å². The highest BCUT2D eigenvalue weighted by atomic mass is 35.5. The number of hydrogen-bond acceptors (Lipinski definition) is 2. The van der Waals surface area contributed by atoms with Gasteiger partial charge in [0.15, 0.2) is 5.78 Å². The number of ketones is 1. The summed E-state index contributed by atoms with van der Waals surface area (Å²) in [6.45, 7) is 6.53. The van der Waals surface area contributed by atoms with Crippen LogP contribution in [0.5, 0.6) is 0 Å². The molecule has 0 spiro atoms. The quantitative estimate of drug-likeness (QED) is 0.578. The summed E-state index contributed by atoms with van der Waals surface area (Å²) in [6.07, 6.45) is 2.23. The number of Topliss-reactive ketones (excluding diaryl/α,β-unsaturated/α-hetero) is 1. The summed E-state index contributed by atoms with van der Waals surface area (Å²) in [5.41, 5.74) is 2.30. The topological polar surface area (TPSA) is 59.3 Å². The number of fused-ring (bicyclic) bond motifs is 1. The Labute approximate surface area is 163 Å². The zero-order valence-electron chi connectivity index (χ0n) is 15.6. The number of carboxylic acid groups (broad SMARTS) is 1. The van der Waals surface area contributed by atoms with Crippen molar-refractivity contribution >= 4 is 34.3 Å². The van der Waals surface area contributed by atoms with Gasteiger partial charge in [-0.25, -0.2) is 4.79 Å². The molecule has 0 radical (unpaired) electrons. The number of carboxylic acids is 1. The number of hydrogen-bond donors (Lipinski definition) is 1. The lowest BCUT2D eigenvalue weighted by molar-refractivity contribution is 0.0696. The van der Waals surface area contributed by atoms with Crippen LogP contribution in [0, 0.1) is 5.41 Å². The molecule has 0 atom stereocenters. The van der Waals surface area contributed by atoms with Crippen LogP contribution in [0.1, 0.15) is 53.5 Å². The molecule has 4 nitrogen and oxygen atoms in total. The van der Waals surface area contributed by atoms with Crippen molar-refractivity contribution in [1.29, 1.82) is 0 Å². The number of carbonyl (C=O) groups is 2. The first-order valence-corrected chi connectivity index (χ1v) is 9.16. The van der Waals surface area contributed by atoms with Gasteiger partial charge in [-0.05, 0) is 29.2 Å². The SMILES string of the molecule is CC(C)(C)CC(=O)c1cn(Cc2ccccc2Cl)c2cc(C(=O)O)ccc12. The second kappa shape index (κ2) is 7.20. The maximum atomic E-state index is 12.9. The Kier molecular flexibility index (Phi) is 5.11. The Balaban J connectivity index is 2.13. The lowest BCUT2D eigenvalue weighted by Gasteiger charge is -2.16. The molecule has 3 rings (SSSR count). The van der Waals surface area contributed by atoms with Gasteiger partial charge < -0.3 is 9.67 Å². The lowest BCUT2D eigenvalue weighted by atomic mass is 9.88. The number of aromatic nitrogens is 1. The normalized spacial score (nSPS) is 11.7. The fraction of sp³-hybridized carbons (Fsp3) is 0.273. The number of aromatic carboxylic acids is 1. The largest absolute Gasteiger partial charge is 0.478 e. The van der Waals surface area contributed by atoms with E-state index in [0.717, 1.165) is 10.9 Å². The summed E-state index contributed by atoms with van der Waals surface area (Å²) in [4.78, 5) is 24.3. The van der Waals surface area contributed by atoms with Crippen molar-refractivity contribution in [2.45, 2.75) is 33.7 Å². The first-order valence-electron chi connectivity index (χ1n) is 8.78. The van der Waals surface area contributed by atoms with Crippen LogP contribution in [0.2, 0.25) is 5.02 Å². The van der Waals surface area contributed by atoms with Gasteiger partial charge in [0.05, 0.1) is 5.56 Å². The molecule has 0 amide bonds. The minimum absolute atomic E-state index is 0.0495. The minimum atomic E-state index is -0.995. The van der Waals surface area contributed by atoms with Crippen LogP contribution in [0.3, 0.4) is 0 Å². The molecular weight excluding hydrogens is 362 g/mol. The third-order valence-corrected chi connectivity index (χ3v) is 4.79. The Morgan fingerprint density at radius 2 is 1.81 bits per heavy atom. The maximum Gasteiger partial charge on any atom is 0.335 e. The summed E-state index contributed by atoms with van der Waals surface area (Å²) in [7, 11) is 0. The van der Waals surface area contributed by atoms with Crippen molar-refractivity contribution in [3.05, 3.63) is 70.4 Å². The first-order chi connectivity index (χ1) is 12.7. The van der Waals surface area contributed by atoms with Gasteiger partial charge in [-0.1, -0.05) is 56.6 Å². The average molecular weight is 384 g/mol. The Bertz CT molecular complexity index is 1030. The molecule has 3 aromatic rings. The smallest absolute Gasteiger partial charge is 0.335 e. The third-order valence-electron chi connectivity index (χ3n) is 4.42. The minimum Gasteiger partial charge on any atom is -0.478 e. The Hall–Kier alpha value is -2.59. The second-order valence-electron chi connectivity index (χ2n) is 7.96. The van der Waals surface area contributed by atoms with Gasteiger partial charge >= 0.3 is 5.97 Å². The first kappa shape index (κ1) is 19.2. The van der Waals surface area contributed by atoms with E-state index in [1.807, 2.05) is 55.8 Å². The van der Waals surface area contributed by atoms with Crippen LogP contribution in [0.15, 0.2) is 48.7 Å². The predicted octanol–water partition coefficient (Wildman–Crippen LogP) is 5.66. The summed E-state index contributed by atoms with van der Waals surface area (Å²) < 4.78 is 1.90. The molecule has 0 bridgehead atoms. The predicted molar refractivity (Wildman–Crippen MR) is 108 cm³/mol. The van der Waals surface area contributed by atoms with E-state index in [0.29, 0.717) is 29.1 Å². The summed E-state index contributed by atoms with van der Waals surface area (Å²) in [5, 5.41) is 10.7. The van der Waals surface area contributed by atoms with E-state index < -0.39 is 5.97 Å². The van der Waals surface area contributed by atoms with Crippen LogP contribution in [-0.2, 0) is 6.54 Å². The highest BCUT2D eigenvalue weighted by Crippen LogP contribution is 2.29. The molecule has 0 fully saturated rings. The lowest BCUT2D eigenvalue weighted by Crippen LogP contribution is -2.12. The van der Waals surface area contributed by atoms with E-state index in [4.69, 9.17) is 11.6 Å². The molecule has 1 heterocycles. The van der Waals surface area contributed by atoms with E-state index in [2.05, 4.69) is 0 Å². The number of nitrogens with zero attached hydrogens (tertiary/aromatic N) is 1. The van der Waals surface area contributed by atoms with Gasteiger partial charge in [0.25, 0.3) is 0 Å². The van der Waals surface area contributed by atoms with Crippen molar-refractivity contribution in [2.75, 3.05) is 0 Å². The fourth-order valence-electron chi connectivity index (χ4n) is 3.17. The Morgan fingerprint density at radius 3 is 2.44 bits per heavy atom. The van der Waals surface area contributed by atoms with E-state index >= 15 is 0 Å². The van der Waals surface area contributed by atoms with E-state index in [1.54, 1.807) is 18.2 Å². The molecule has 1 aromatic heterocycles.